The van der Waals surface area contributed by atoms with E-state index < -0.39 is 0 Å². The Kier molecular flexibility index (Phi) is 3.77. The molecular formula is C12H17N3O. The molecule has 86 valence electrons. The lowest BCUT2D eigenvalue weighted by atomic mass is 10.2. The van der Waals surface area contributed by atoms with Gasteiger partial charge in [-0.2, -0.15) is 0 Å². The highest BCUT2D eigenvalue weighted by Crippen LogP contribution is 2.10. The van der Waals surface area contributed by atoms with Crippen molar-refractivity contribution in [2.24, 2.45) is 4.99 Å². The van der Waals surface area contributed by atoms with Gasteiger partial charge in [-0.15, -0.1) is 0 Å². The number of hydrogen-bond acceptors (Lipinski definition) is 4. The first-order chi connectivity index (χ1) is 7.90. The van der Waals surface area contributed by atoms with E-state index >= 15 is 0 Å². The second-order valence-electron chi connectivity index (χ2n) is 3.74. The summed E-state index contributed by atoms with van der Waals surface area (Å²) in [5.41, 5.74) is 2.21. The van der Waals surface area contributed by atoms with Crippen LogP contribution in [0.4, 0.5) is 5.69 Å². The SMILES string of the molecule is OCCCNc1ccc(C2=NCCN2)cc1. The van der Waals surface area contributed by atoms with Crippen molar-refractivity contribution in [1.82, 2.24) is 5.32 Å². The van der Waals surface area contributed by atoms with Gasteiger partial charge in [0.2, 0.25) is 0 Å². The number of amidine groups is 1. The Labute approximate surface area is 95.4 Å². The number of nitrogens with zero attached hydrogens (tertiary/aromatic N) is 1. The fourth-order valence-electron chi connectivity index (χ4n) is 1.65. The fraction of sp³-hybridized carbons (Fsp3) is 0.417. The maximum atomic E-state index is 8.67. The zero-order valence-corrected chi connectivity index (χ0v) is 9.24. The van der Waals surface area contributed by atoms with Gasteiger partial charge in [-0.1, -0.05) is 0 Å². The minimum atomic E-state index is 0.228. The maximum absolute atomic E-state index is 8.67. The number of hydrogen-bond donors (Lipinski definition) is 3. The molecule has 16 heavy (non-hydrogen) atoms. The zero-order valence-electron chi connectivity index (χ0n) is 9.24. The molecular weight excluding hydrogens is 202 g/mol. The number of benzene rings is 1. The van der Waals surface area contributed by atoms with Gasteiger partial charge in [-0.25, -0.2) is 0 Å². The highest BCUT2D eigenvalue weighted by Gasteiger charge is 2.06. The Morgan fingerprint density at radius 1 is 1.31 bits per heavy atom. The quantitative estimate of drug-likeness (QED) is 0.643. The van der Waals surface area contributed by atoms with Crippen LogP contribution < -0.4 is 10.6 Å². The van der Waals surface area contributed by atoms with Crippen LogP contribution in [0.3, 0.4) is 0 Å². The molecule has 2 rings (SSSR count). The van der Waals surface area contributed by atoms with Gasteiger partial charge >= 0.3 is 0 Å². The average molecular weight is 219 g/mol. The summed E-state index contributed by atoms with van der Waals surface area (Å²) < 4.78 is 0. The van der Waals surface area contributed by atoms with E-state index in [1.807, 2.05) is 12.1 Å². The molecule has 0 saturated carbocycles. The zero-order chi connectivity index (χ0) is 11.2. The first kappa shape index (κ1) is 11.0. The summed E-state index contributed by atoms with van der Waals surface area (Å²) in [6, 6.07) is 8.18. The van der Waals surface area contributed by atoms with E-state index in [1.165, 1.54) is 0 Å². The van der Waals surface area contributed by atoms with Crippen LogP contribution in [0.25, 0.3) is 0 Å². The topological polar surface area (TPSA) is 56.6 Å². The number of nitrogens with one attached hydrogen (secondary N) is 2. The molecule has 0 bridgehead atoms. The molecule has 4 nitrogen and oxygen atoms in total. The molecule has 0 aliphatic carbocycles. The molecule has 0 unspecified atom stereocenters. The summed E-state index contributed by atoms with van der Waals surface area (Å²) in [5, 5.41) is 15.2. The lowest BCUT2D eigenvalue weighted by Crippen LogP contribution is -2.19. The lowest BCUT2D eigenvalue weighted by Gasteiger charge is -2.07. The number of aliphatic hydroxyl groups is 1. The third kappa shape index (κ3) is 2.73. The van der Waals surface area contributed by atoms with Crippen LogP contribution in [0.5, 0.6) is 0 Å². The molecule has 1 heterocycles. The van der Waals surface area contributed by atoms with E-state index in [0.717, 1.165) is 43.1 Å². The number of rotatable bonds is 5. The predicted molar refractivity (Wildman–Crippen MR) is 66.0 cm³/mol. The maximum Gasteiger partial charge on any atom is 0.128 e. The van der Waals surface area contributed by atoms with Gasteiger partial charge in [0.15, 0.2) is 0 Å². The summed E-state index contributed by atoms with van der Waals surface area (Å²) in [6.45, 7) is 2.83. The Morgan fingerprint density at radius 2 is 2.12 bits per heavy atom. The summed E-state index contributed by atoms with van der Waals surface area (Å²) in [6.07, 6.45) is 0.774. The second kappa shape index (κ2) is 5.51. The molecule has 0 aromatic heterocycles. The lowest BCUT2D eigenvalue weighted by molar-refractivity contribution is 0.292. The number of aliphatic imine (C=N–C) groups is 1. The molecule has 0 saturated heterocycles. The molecule has 1 aliphatic heterocycles. The van der Waals surface area contributed by atoms with Crippen LogP contribution in [0.15, 0.2) is 29.3 Å². The van der Waals surface area contributed by atoms with Gasteiger partial charge < -0.3 is 15.7 Å². The van der Waals surface area contributed by atoms with Crippen LogP contribution in [0.1, 0.15) is 12.0 Å². The first-order valence-corrected chi connectivity index (χ1v) is 5.63. The summed E-state index contributed by atoms with van der Waals surface area (Å²) >= 11 is 0. The van der Waals surface area contributed by atoms with Crippen LogP contribution >= 0.6 is 0 Å². The Hall–Kier alpha value is -1.55. The van der Waals surface area contributed by atoms with E-state index in [-0.39, 0.29) is 6.61 Å². The fourth-order valence-corrected chi connectivity index (χ4v) is 1.65. The molecule has 0 fully saturated rings. The van der Waals surface area contributed by atoms with Crippen molar-refractivity contribution in [2.75, 3.05) is 31.6 Å². The smallest absolute Gasteiger partial charge is 0.128 e. The van der Waals surface area contributed by atoms with Crippen molar-refractivity contribution >= 4 is 11.5 Å². The summed E-state index contributed by atoms with van der Waals surface area (Å²) in [4.78, 5) is 4.36. The largest absolute Gasteiger partial charge is 0.396 e. The second-order valence-corrected chi connectivity index (χ2v) is 3.74. The molecule has 1 aromatic rings. The van der Waals surface area contributed by atoms with Gasteiger partial charge in [0.1, 0.15) is 5.84 Å². The molecule has 3 N–H and O–H groups in total. The van der Waals surface area contributed by atoms with Gasteiger partial charge in [0, 0.05) is 30.9 Å². The normalized spacial score (nSPS) is 14.4. The van der Waals surface area contributed by atoms with Crippen molar-refractivity contribution in [3.8, 4) is 0 Å². The minimum absolute atomic E-state index is 0.228. The molecule has 0 amide bonds. The molecule has 1 aliphatic rings. The molecule has 0 atom stereocenters. The predicted octanol–water partition coefficient (Wildman–Crippen LogP) is 0.831. The van der Waals surface area contributed by atoms with Gasteiger partial charge in [0.25, 0.3) is 0 Å². The van der Waals surface area contributed by atoms with E-state index in [1.54, 1.807) is 0 Å². The Morgan fingerprint density at radius 3 is 2.75 bits per heavy atom. The summed E-state index contributed by atoms with van der Waals surface area (Å²) in [5.74, 6) is 0.988. The van der Waals surface area contributed by atoms with E-state index in [2.05, 4.69) is 27.8 Å². The van der Waals surface area contributed by atoms with Crippen molar-refractivity contribution in [2.45, 2.75) is 6.42 Å². The highest BCUT2D eigenvalue weighted by molar-refractivity contribution is 5.99. The molecule has 4 heteroatoms. The third-order valence-electron chi connectivity index (χ3n) is 2.50. The van der Waals surface area contributed by atoms with Crippen molar-refractivity contribution in [1.29, 1.82) is 0 Å². The highest BCUT2D eigenvalue weighted by atomic mass is 16.3. The van der Waals surface area contributed by atoms with E-state index in [9.17, 15) is 0 Å². The average Bonchev–Trinajstić information content (AvgIpc) is 2.84. The number of aliphatic hydroxyl groups excluding tert-OH is 1. The van der Waals surface area contributed by atoms with Gasteiger partial charge in [-0.3, -0.25) is 4.99 Å². The molecule has 0 spiro atoms. The summed E-state index contributed by atoms with van der Waals surface area (Å²) in [7, 11) is 0. The van der Waals surface area contributed by atoms with Crippen molar-refractivity contribution < 1.29 is 5.11 Å². The van der Waals surface area contributed by atoms with Crippen molar-refractivity contribution in [3.63, 3.8) is 0 Å². The van der Waals surface area contributed by atoms with Crippen molar-refractivity contribution in [3.05, 3.63) is 29.8 Å². The monoisotopic (exact) mass is 219 g/mol. The molecule has 1 aromatic carbocycles. The van der Waals surface area contributed by atoms with E-state index in [0.29, 0.717) is 0 Å². The van der Waals surface area contributed by atoms with Gasteiger partial charge in [0.05, 0.1) is 6.54 Å². The Balaban J connectivity index is 1.93. The Bertz CT molecular complexity index is 359. The van der Waals surface area contributed by atoms with Crippen LogP contribution in [0, 0.1) is 0 Å². The number of anilines is 1. The van der Waals surface area contributed by atoms with Gasteiger partial charge in [-0.05, 0) is 30.7 Å². The van der Waals surface area contributed by atoms with Crippen LogP contribution in [-0.2, 0) is 0 Å². The van der Waals surface area contributed by atoms with Crippen LogP contribution in [0.2, 0.25) is 0 Å². The van der Waals surface area contributed by atoms with E-state index in [4.69, 9.17) is 5.11 Å². The minimum Gasteiger partial charge on any atom is -0.396 e. The van der Waals surface area contributed by atoms with Crippen LogP contribution in [-0.4, -0.2) is 37.2 Å². The first-order valence-electron chi connectivity index (χ1n) is 5.63. The third-order valence-corrected chi connectivity index (χ3v) is 2.50. The standard InChI is InChI=1S/C12H17N3O/c16-9-1-6-13-11-4-2-10(3-5-11)12-14-7-8-15-12/h2-5,13,16H,1,6-9H2,(H,14,15). The molecule has 0 radical (unpaired) electrons.